The highest BCUT2D eigenvalue weighted by molar-refractivity contribution is 7.85. The smallest absolute Gasteiger partial charge is 0.140 e. The standard InChI is InChI=1S/C15H19N3OS/c1-11-4-3-5-13-14(11)15(17-10-16-13)18(2)12-6-8-20(19)9-7-12/h3-5,10,12H,6-9H2,1-2H3. The van der Waals surface area contributed by atoms with Gasteiger partial charge in [-0.1, -0.05) is 12.1 Å². The summed E-state index contributed by atoms with van der Waals surface area (Å²) in [5.74, 6) is 2.60. The van der Waals surface area contributed by atoms with E-state index in [-0.39, 0.29) is 0 Å². The van der Waals surface area contributed by atoms with Gasteiger partial charge in [0.15, 0.2) is 0 Å². The molecule has 1 aromatic heterocycles. The lowest BCUT2D eigenvalue weighted by Crippen LogP contribution is -2.38. The molecular formula is C15H19N3OS. The van der Waals surface area contributed by atoms with Crippen molar-refractivity contribution in [1.82, 2.24) is 9.97 Å². The van der Waals surface area contributed by atoms with Gasteiger partial charge >= 0.3 is 0 Å². The Kier molecular flexibility index (Phi) is 3.70. The molecule has 1 saturated heterocycles. The van der Waals surface area contributed by atoms with Gasteiger partial charge in [0, 0.05) is 40.8 Å². The van der Waals surface area contributed by atoms with E-state index in [1.165, 1.54) is 5.56 Å². The van der Waals surface area contributed by atoms with Gasteiger partial charge in [-0.3, -0.25) is 4.21 Å². The van der Waals surface area contributed by atoms with E-state index in [2.05, 4.69) is 34.9 Å². The first kappa shape index (κ1) is 13.5. The van der Waals surface area contributed by atoms with Crippen LogP contribution in [0.3, 0.4) is 0 Å². The molecule has 0 aliphatic carbocycles. The van der Waals surface area contributed by atoms with Crippen LogP contribution in [0, 0.1) is 6.92 Å². The first-order chi connectivity index (χ1) is 9.66. The zero-order valence-corrected chi connectivity index (χ0v) is 12.7. The molecule has 4 nitrogen and oxygen atoms in total. The highest BCUT2D eigenvalue weighted by atomic mass is 32.2. The molecule has 0 unspecified atom stereocenters. The Balaban J connectivity index is 1.99. The quantitative estimate of drug-likeness (QED) is 0.851. The number of anilines is 1. The Morgan fingerprint density at radius 2 is 2.00 bits per heavy atom. The second-order valence-electron chi connectivity index (χ2n) is 5.36. The normalized spacial score (nSPS) is 22.9. The monoisotopic (exact) mass is 289 g/mol. The second kappa shape index (κ2) is 5.48. The van der Waals surface area contributed by atoms with Crippen molar-refractivity contribution in [2.45, 2.75) is 25.8 Å². The van der Waals surface area contributed by atoms with E-state index >= 15 is 0 Å². The molecule has 0 saturated carbocycles. The molecule has 1 fully saturated rings. The average molecular weight is 289 g/mol. The fraction of sp³-hybridized carbons (Fsp3) is 0.467. The molecule has 106 valence electrons. The summed E-state index contributed by atoms with van der Waals surface area (Å²) >= 11 is 0. The highest BCUT2D eigenvalue weighted by Crippen LogP contribution is 2.28. The Morgan fingerprint density at radius 3 is 2.75 bits per heavy atom. The molecule has 0 radical (unpaired) electrons. The maximum Gasteiger partial charge on any atom is 0.140 e. The van der Waals surface area contributed by atoms with Crippen LogP contribution in [-0.2, 0) is 10.8 Å². The van der Waals surface area contributed by atoms with Gasteiger partial charge in [-0.05, 0) is 31.4 Å². The van der Waals surface area contributed by atoms with Gasteiger partial charge in [-0.2, -0.15) is 0 Å². The van der Waals surface area contributed by atoms with Crippen LogP contribution in [0.2, 0.25) is 0 Å². The Bertz CT molecular complexity index is 643. The summed E-state index contributed by atoms with van der Waals surface area (Å²) in [6.45, 7) is 2.10. The van der Waals surface area contributed by atoms with Crippen molar-refractivity contribution in [3.05, 3.63) is 30.1 Å². The minimum Gasteiger partial charge on any atom is -0.356 e. The molecular weight excluding hydrogens is 270 g/mol. The molecule has 0 amide bonds. The van der Waals surface area contributed by atoms with E-state index in [0.717, 1.165) is 41.1 Å². The summed E-state index contributed by atoms with van der Waals surface area (Å²) in [5.41, 5.74) is 2.19. The van der Waals surface area contributed by atoms with E-state index in [1.54, 1.807) is 6.33 Å². The molecule has 1 aliphatic rings. The van der Waals surface area contributed by atoms with Crippen LogP contribution in [0.1, 0.15) is 18.4 Å². The van der Waals surface area contributed by atoms with Crippen molar-refractivity contribution in [2.24, 2.45) is 0 Å². The number of rotatable bonds is 2. The van der Waals surface area contributed by atoms with Crippen LogP contribution in [0.25, 0.3) is 10.9 Å². The summed E-state index contributed by atoms with van der Waals surface area (Å²) in [5, 5.41) is 1.13. The topological polar surface area (TPSA) is 46.1 Å². The maximum atomic E-state index is 11.5. The zero-order valence-electron chi connectivity index (χ0n) is 11.9. The minimum atomic E-state index is -0.625. The van der Waals surface area contributed by atoms with E-state index in [1.807, 2.05) is 12.1 Å². The lowest BCUT2D eigenvalue weighted by molar-refractivity contribution is 0.567. The molecule has 0 N–H and O–H groups in total. The molecule has 2 aromatic rings. The van der Waals surface area contributed by atoms with Crippen LogP contribution < -0.4 is 4.90 Å². The Morgan fingerprint density at radius 1 is 1.25 bits per heavy atom. The van der Waals surface area contributed by atoms with Crippen molar-refractivity contribution in [3.8, 4) is 0 Å². The lowest BCUT2D eigenvalue weighted by Gasteiger charge is -2.32. The first-order valence-electron chi connectivity index (χ1n) is 6.95. The van der Waals surface area contributed by atoms with Crippen LogP contribution in [0.5, 0.6) is 0 Å². The second-order valence-corrected chi connectivity index (χ2v) is 7.05. The van der Waals surface area contributed by atoms with E-state index in [4.69, 9.17) is 0 Å². The van der Waals surface area contributed by atoms with Gasteiger partial charge in [-0.25, -0.2) is 9.97 Å². The number of nitrogens with zero attached hydrogens (tertiary/aromatic N) is 3. The Labute approximate surface area is 121 Å². The Hall–Kier alpha value is -1.49. The predicted octanol–water partition coefficient (Wildman–Crippen LogP) is 2.29. The van der Waals surface area contributed by atoms with Crippen LogP contribution in [-0.4, -0.2) is 38.8 Å². The maximum absolute atomic E-state index is 11.5. The average Bonchev–Trinajstić information content (AvgIpc) is 2.47. The molecule has 1 aliphatic heterocycles. The zero-order chi connectivity index (χ0) is 14.1. The molecule has 20 heavy (non-hydrogen) atoms. The number of aryl methyl sites for hydroxylation is 1. The lowest BCUT2D eigenvalue weighted by atomic mass is 10.1. The van der Waals surface area contributed by atoms with E-state index in [9.17, 15) is 4.21 Å². The fourth-order valence-electron chi connectivity index (χ4n) is 2.87. The largest absolute Gasteiger partial charge is 0.356 e. The number of hydrogen-bond acceptors (Lipinski definition) is 4. The number of fused-ring (bicyclic) bond motifs is 1. The van der Waals surface area contributed by atoms with Gasteiger partial charge in [0.25, 0.3) is 0 Å². The van der Waals surface area contributed by atoms with Crippen molar-refractivity contribution in [1.29, 1.82) is 0 Å². The third-order valence-electron chi connectivity index (χ3n) is 4.09. The van der Waals surface area contributed by atoms with Crippen molar-refractivity contribution in [2.75, 3.05) is 23.5 Å². The van der Waals surface area contributed by atoms with E-state index in [0.29, 0.717) is 6.04 Å². The van der Waals surface area contributed by atoms with Crippen LogP contribution >= 0.6 is 0 Å². The molecule has 0 bridgehead atoms. The summed E-state index contributed by atoms with van der Waals surface area (Å²) < 4.78 is 11.5. The van der Waals surface area contributed by atoms with Gasteiger partial charge < -0.3 is 4.90 Å². The number of aromatic nitrogens is 2. The SMILES string of the molecule is Cc1cccc2ncnc(N(C)C3CCS(=O)CC3)c12. The summed E-state index contributed by atoms with van der Waals surface area (Å²) in [6, 6.07) is 6.57. The van der Waals surface area contributed by atoms with Crippen molar-refractivity contribution in [3.63, 3.8) is 0 Å². The third-order valence-corrected chi connectivity index (χ3v) is 5.47. The minimum absolute atomic E-state index is 0.422. The highest BCUT2D eigenvalue weighted by Gasteiger charge is 2.23. The number of hydrogen-bond donors (Lipinski definition) is 0. The summed E-state index contributed by atoms with van der Waals surface area (Å²) in [7, 11) is 1.47. The summed E-state index contributed by atoms with van der Waals surface area (Å²) in [6.07, 6.45) is 3.58. The molecule has 1 aromatic carbocycles. The van der Waals surface area contributed by atoms with Gasteiger partial charge in [0.2, 0.25) is 0 Å². The molecule has 3 rings (SSSR count). The van der Waals surface area contributed by atoms with Crippen LogP contribution in [0.15, 0.2) is 24.5 Å². The van der Waals surface area contributed by atoms with Gasteiger partial charge in [0.05, 0.1) is 5.52 Å². The molecule has 5 heteroatoms. The van der Waals surface area contributed by atoms with Crippen molar-refractivity contribution >= 4 is 27.5 Å². The van der Waals surface area contributed by atoms with Gasteiger partial charge in [-0.15, -0.1) is 0 Å². The first-order valence-corrected chi connectivity index (χ1v) is 8.44. The summed E-state index contributed by atoms with van der Waals surface area (Å²) in [4.78, 5) is 11.1. The predicted molar refractivity (Wildman–Crippen MR) is 83.6 cm³/mol. The van der Waals surface area contributed by atoms with E-state index < -0.39 is 10.8 Å². The van der Waals surface area contributed by atoms with Gasteiger partial charge in [0.1, 0.15) is 12.1 Å². The fourth-order valence-corrected chi connectivity index (χ4v) is 4.14. The molecule has 2 heterocycles. The third kappa shape index (κ3) is 2.42. The molecule has 0 atom stereocenters. The molecule has 0 spiro atoms. The number of benzene rings is 1. The van der Waals surface area contributed by atoms with Crippen LogP contribution in [0.4, 0.5) is 5.82 Å². The van der Waals surface area contributed by atoms with Crippen molar-refractivity contribution < 1.29 is 4.21 Å².